The van der Waals surface area contributed by atoms with Gasteiger partial charge in [-0.2, -0.15) is 23.5 Å². The van der Waals surface area contributed by atoms with Crippen LogP contribution in [0, 0.1) is 11.8 Å². The number of amides is 4. The highest BCUT2D eigenvalue weighted by Gasteiger charge is 2.25. The maximum absolute atomic E-state index is 13.3. The van der Waals surface area contributed by atoms with Crippen LogP contribution in [0.25, 0.3) is 0 Å². The van der Waals surface area contributed by atoms with E-state index in [2.05, 4.69) is 54.2 Å². The van der Waals surface area contributed by atoms with E-state index in [1.165, 1.54) is 51.2 Å². The van der Waals surface area contributed by atoms with Crippen LogP contribution in [-0.4, -0.2) is 123 Å². The molecule has 2 unspecified atom stereocenters. The Morgan fingerprint density at radius 1 is 0.466 bits per heavy atom. The van der Waals surface area contributed by atoms with Gasteiger partial charge in [0.2, 0.25) is 23.6 Å². The third-order valence-electron chi connectivity index (χ3n) is 7.37. The summed E-state index contributed by atoms with van der Waals surface area (Å²) in [5, 5.41) is 10.9. The van der Waals surface area contributed by atoms with E-state index in [1.54, 1.807) is 0 Å². The van der Waals surface area contributed by atoms with E-state index in [-0.39, 0.29) is 124 Å². The number of esters is 4. The lowest BCUT2D eigenvalue weighted by atomic mass is 9.93. The minimum atomic E-state index is -0.616. The molecule has 0 saturated heterocycles. The number of ether oxygens (including phenoxy) is 4. The van der Waals surface area contributed by atoms with Gasteiger partial charge in [0.15, 0.2) is 0 Å². The first kappa shape index (κ1) is 53.2. The number of hydrogen-bond donors (Lipinski definition) is 4. The zero-order valence-corrected chi connectivity index (χ0v) is 35.9. The van der Waals surface area contributed by atoms with E-state index in [4.69, 9.17) is 18.9 Å². The van der Waals surface area contributed by atoms with Gasteiger partial charge < -0.3 is 40.2 Å². The van der Waals surface area contributed by atoms with Gasteiger partial charge in [-0.25, -0.2) is 19.2 Å². The summed E-state index contributed by atoms with van der Waals surface area (Å²) >= 11 is 2.75. The molecule has 0 bridgehead atoms. The number of carbonyl (C=O) groups excluding carboxylic acids is 8. The molecular formula is C40H60N4O12S2. The normalized spacial score (nSPS) is 11.4. The molecule has 16 nitrogen and oxygen atoms in total. The van der Waals surface area contributed by atoms with Crippen LogP contribution in [-0.2, 0) is 57.3 Å². The Hall–Kier alpha value is -4.84. The van der Waals surface area contributed by atoms with Gasteiger partial charge in [0.05, 0.1) is 38.0 Å². The van der Waals surface area contributed by atoms with Crippen LogP contribution in [0.2, 0.25) is 0 Å². The van der Waals surface area contributed by atoms with Gasteiger partial charge in [-0.05, 0) is 40.5 Å². The summed E-state index contributed by atoms with van der Waals surface area (Å²) in [5.74, 6) is -3.29. The van der Waals surface area contributed by atoms with E-state index >= 15 is 0 Å². The van der Waals surface area contributed by atoms with Crippen molar-refractivity contribution in [1.29, 1.82) is 0 Å². The topological polar surface area (TPSA) is 222 Å². The van der Waals surface area contributed by atoms with Crippen molar-refractivity contribution < 1.29 is 57.3 Å². The molecule has 0 aromatic heterocycles. The molecule has 0 aromatic rings. The fourth-order valence-electron chi connectivity index (χ4n) is 4.28. The van der Waals surface area contributed by atoms with Crippen LogP contribution >= 0.6 is 23.5 Å². The molecule has 0 aromatic carbocycles. The van der Waals surface area contributed by atoms with Crippen molar-refractivity contribution in [2.45, 2.75) is 53.4 Å². The Bertz CT molecular complexity index is 1410. The Kier molecular flexibility index (Phi) is 28.6. The zero-order chi connectivity index (χ0) is 44.0. The van der Waals surface area contributed by atoms with E-state index in [0.717, 1.165) is 0 Å². The van der Waals surface area contributed by atoms with Crippen molar-refractivity contribution in [2.24, 2.45) is 11.8 Å². The predicted octanol–water partition coefficient (Wildman–Crippen LogP) is 2.74. The molecule has 0 spiro atoms. The third-order valence-corrected chi connectivity index (χ3v) is 9.64. The number of nitrogens with one attached hydrogen (secondary N) is 4. The van der Waals surface area contributed by atoms with Crippen molar-refractivity contribution in [3.05, 3.63) is 60.8 Å². The molecule has 0 aliphatic rings. The second-order valence-corrected chi connectivity index (χ2v) is 15.4. The summed E-state index contributed by atoms with van der Waals surface area (Å²) in [6, 6.07) is 0. The van der Waals surface area contributed by atoms with Crippen LogP contribution in [0.1, 0.15) is 53.4 Å². The second kappa shape index (κ2) is 31.2. The summed E-state index contributed by atoms with van der Waals surface area (Å²) in [4.78, 5) is 97.8. The molecule has 0 heterocycles. The smallest absolute Gasteiger partial charge is 0.333 e. The molecule has 4 amide bonds. The lowest BCUT2D eigenvalue weighted by Crippen LogP contribution is -2.36. The molecule has 0 rings (SSSR count). The molecule has 0 radical (unpaired) electrons. The minimum absolute atomic E-state index is 0.00229. The molecule has 2 atom stereocenters. The fraction of sp³-hybridized carbons (Fsp3) is 0.550. The van der Waals surface area contributed by atoms with Crippen molar-refractivity contribution >= 4 is 71.0 Å². The average Bonchev–Trinajstić information content (AvgIpc) is 3.16. The molecule has 0 aliphatic carbocycles. The first-order valence-electron chi connectivity index (χ1n) is 18.6. The molecule has 324 valence electrons. The van der Waals surface area contributed by atoms with Crippen molar-refractivity contribution in [3.63, 3.8) is 0 Å². The highest BCUT2D eigenvalue weighted by molar-refractivity contribution is 7.99. The largest absolute Gasteiger partial charge is 0.460 e. The van der Waals surface area contributed by atoms with E-state index in [0.29, 0.717) is 28.6 Å². The highest BCUT2D eigenvalue weighted by Crippen LogP contribution is 2.25. The van der Waals surface area contributed by atoms with Crippen LogP contribution in [0.4, 0.5) is 0 Å². The molecule has 0 fully saturated rings. The first-order valence-corrected chi connectivity index (χ1v) is 20.9. The quantitative estimate of drug-likeness (QED) is 0.0252. The van der Waals surface area contributed by atoms with Crippen LogP contribution in [0.15, 0.2) is 60.8 Å². The zero-order valence-electron chi connectivity index (χ0n) is 34.2. The van der Waals surface area contributed by atoms with Gasteiger partial charge in [0.25, 0.3) is 0 Å². The molecule has 0 saturated carbocycles. The van der Waals surface area contributed by atoms with Crippen LogP contribution in [0.3, 0.4) is 0 Å². The van der Waals surface area contributed by atoms with Crippen molar-refractivity contribution in [1.82, 2.24) is 21.3 Å². The highest BCUT2D eigenvalue weighted by atomic mass is 32.2. The summed E-state index contributed by atoms with van der Waals surface area (Å²) in [5.41, 5.74) is 1.56. The lowest BCUT2D eigenvalue weighted by molar-refractivity contribution is -0.140. The summed E-state index contributed by atoms with van der Waals surface area (Å²) in [7, 11) is 0. The van der Waals surface area contributed by atoms with Gasteiger partial charge >= 0.3 is 23.9 Å². The van der Waals surface area contributed by atoms with E-state index in [1.807, 2.05) is 0 Å². The van der Waals surface area contributed by atoms with Gasteiger partial charge in [-0.1, -0.05) is 38.5 Å². The Balaban J connectivity index is 5.47. The summed E-state index contributed by atoms with van der Waals surface area (Å²) < 4.78 is 20.1. The SMILES string of the molecule is C=C(CC(CSCCC(=O)NCCOC(=O)C(=C)C)C(=O)NCCOC(=O)C(=C)C)CC(CSCCC(=O)NCCOC(=O)C(=C)C)C(=O)NCCOC(=O)C(=C)C. The predicted molar refractivity (Wildman–Crippen MR) is 224 cm³/mol. The van der Waals surface area contributed by atoms with E-state index in [9.17, 15) is 38.4 Å². The number of thioether (sulfide) groups is 2. The number of carbonyl (C=O) groups is 8. The number of rotatable bonds is 32. The maximum atomic E-state index is 13.3. The van der Waals surface area contributed by atoms with E-state index < -0.39 is 35.7 Å². The fourth-order valence-corrected chi connectivity index (χ4v) is 6.38. The number of hydrogen-bond acceptors (Lipinski definition) is 14. The Morgan fingerprint density at radius 3 is 1.02 bits per heavy atom. The van der Waals surface area contributed by atoms with Gasteiger partial charge in [0, 0.05) is 58.1 Å². The standard InChI is InChI=1S/C40H60N4O12S2/c1-26(2)37(49)53-16-12-41-33(45)10-20-57-24-31(35(47)43-14-18-55-39(51)28(5)6)22-30(9)23-32(36(48)44-15-19-56-40(52)29(7)8)25-58-21-11-34(46)42-13-17-54-38(50)27(3)4/h31-32H,1,3,5,7,9-25H2,2,4,6,8H3,(H,41,45)(H,42,46)(H,43,47)(H,44,48). The molecule has 0 aliphatic heterocycles. The minimum Gasteiger partial charge on any atom is -0.460 e. The first-order chi connectivity index (χ1) is 27.3. The summed E-state index contributed by atoms with van der Waals surface area (Å²) in [6.07, 6.45) is 0.696. The Morgan fingerprint density at radius 2 is 0.741 bits per heavy atom. The monoisotopic (exact) mass is 852 g/mol. The van der Waals surface area contributed by atoms with Crippen molar-refractivity contribution in [2.75, 3.05) is 75.6 Å². The van der Waals surface area contributed by atoms with Gasteiger partial charge in [-0.15, -0.1) is 0 Å². The van der Waals surface area contributed by atoms with Gasteiger partial charge in [0.1, 0.15) is 26.4 Å². The van der Waals surface area contributed by atoms with Crippen molar-refractivity contribution in [3.8, 4) is 0 Å². The number of allylic oxidation sites excluding steroid dienone is 1. The maximum Gasteiger partial charge on any atom is 0.333 e. The molecule has 58 heavy (non-hydrogen) atoms. The lowest BCUT2D eigenvalue weighted by Gasteiger charge is -2.21. The average molecular weight is 853 g/mol. The summed E-state index contributed by atoms with van der Waals surface area (Å²) in [6.45, 7) is 24.5. The van der Waals surface area contributed by atoms with Gasteiger partial charge in [-0.3, -0.25) is 19.2 Å². The Labute approximate surface area is 350 Å². The molecule has 18 heteroatoms. The molecular weight excluding hydrogens is 793 g/mol. The van der Waals surface area contributed by atoms with Crippen LogP contribution < -0.4 is 21.3 Å². The second-order valence-electron chi connectivity index (χ2n) is 13.1. The van der Waals surface area contributed by atoms with Crippen LogP contribution in [0.5, 0.6) is 0 Å². The molecule has 4 N–H and O–H groups in total. The third kappa shape index (κ3) is 26.9.